The van der Waals surface area contributed by atoms with E-state index in [1.54, 1.807) is 19.1 Å². The average molecular weight is 288 g/mol. The molecule has 0 aliphatic heterocycles. The lowest BCUT2D eigenvalue weighted by Gasteiger charge is -2.15. The summed E-state index contributed by atoms with van der Waals surface area (Å²) in [6.45, 7) is 5.44. The highest BCUT2D eigenvalue weighted by Gasteiger charge is 2.25. The summed E-state index contributed by atoms with van der Waals surface area (Å²) in [5.74, 6) is -1.72. The van der Waals surface area contributed by atoms with Crippen LogP contribution in [0.5, 0.6) is 0 Å². The molecule has 110 valence electrons. The number of carbonyl (C=O) groups is 2. The third-order valence-electron chi connectivity index (χ3n) is 3.34. The summed E-state index contributed by atoms with van der Waals surface area (Å²) in [7, 11) is 0. The first-order chi connectivity index (χ1) is 9.90. The maximum absolute atomic E-state index is 12.1. The van der Waals surface area contributed by atoms with E-state index < -0.39 is 17.9 Å². The summed E-state index contributed by atoms with van der Waals surface area (Å²) in [6, 6.07) is 4.13. The van der Waals surface area contributed by atoms with Crippen molar-refractivity contribution < 1.29 is 19.1 Å². The summed E-state index contributed by atoms with van der Waals surface area (Å²) in [5, 5.41) is 11.8. The molecule has 1 amide bonds. The van der Waals surface area contributed by atoms with E-state index in [1.807, 2.05) is 19.9 Å². The number of nitrogens with zero attached hydrogens (tertiary/aromatic N) is 1. The molecule has 0 aliphatic rings. The SMILES string of the molecule is Cc1ccc(C(NC(=O)c2ocnc2C)C(=O)O)cc1C. The number of amides is 1. The average Bonchev–Trinajstić information content (AvgIpc) is 2.85. The van der Waals surface area contributed by atoms with Gasteiger partial charge in [-0.05, 0) is 37.5 Å². The molecule has 1 aromatic carbocycles. The van der Waals surface area contributed by atoms with Gasteiger partial charge in [0.25, 0.3) is 5.91 Å². The number of nitrogens with one attached hydrogen (secondary N) is 1. The molecule has 21 heavy (non-hydrogen) atoms. The second-order valence-corrected chi connectivity index (χ2v) is 4.86. The molecule has 1 atom stereocenters. The number of aromatic nitrogens is 1. The highest BCUT2D eigenvalue weighted by molar-refractivity contribution is 5.95. The molecule has 2 aromatic rings. The van der Waals surface area contributed by atoms with Gasteiger partial charge < -0.3 is 14.8 Å². The van der Waals surface area contributed by atoms with Crippen molar-refractivity contribution in [2.75, 3.05) is 0 Å². The van der Waals surface area contributed by atoms with Gasteiger partial charge in [0.2, 0.25) is 5.76 Å². The van der Waals surface area contributed by atoms with E-state index in [0.717, 1.165) is 17.5 Å². The lowest BCUT2D eigenvalue weighted by Crippen LogP contribution is -2.34. The molecule has 0 aliphatic carbocycles. The van der Waals surface area contributed by atoms with Crippen LogP contribution < -0.4 is 5.32 Å². The highest BCUT2D eigenvalue weighted by Crippen LogP contribution is 2.18. The standard InChI is InChI=1S/C15H16N2O4/c1-8-4-5-11(6-9(8)2)12(15(19)20)17-14(18)13-10(3)16-7-21-13/h4-7,12H,1-3H3,(H,17,18)(H,19,20). The number of benzene rings is 1. The first kappa shape index (κ1) is 14.8. The maximum Gasteiger partial charge on any atom is 0.330 e. The van der Waals surface area contributed by atoms with Gasteiger partial charge in [-0.15, -0.1) is 0 Å². The van der Waals surface area contributed by atoms with Gasteiger partial charge in [0.05, 0.1) is 5.69 Å². The number of hydrogen-bond acceptors (Lipinski definition) is 4. The third-order valence-corrected chi connectivity index (χ3v) is 3.34. The molecule has 0 radical (unpaired) electrons. The fourth-order valence-electron chi connectivity index (χ4n) is 1.95. The largest absolute Gasteiger partial charge is 0.479 e. The molecule has 0 fully saturated rings. The second-order valence-electron chi connectivity index (χ2n) is 4.86. The normalized spacial score (nSPS) is 12.0. The van der Waals surface area contributed by atoms with Crippen LogP contribution in [0, 0.1) is 20.8 Å². The van der Waals surface area contributed by atoms with Crippen LogP contribution in [0.15, 0.2) is 29.0 Å². The molecule has 1 heterocycles. The van der Waals surface area contributed by atoms with Crippen LogP contribution >= 0.6 is 0 Å². The minimum Gasteiger partial charge on any atom is -0.479 e. The molecule has 0 bridgehead atoms. The van der Waals surface area contributed by atoms with Crippen LogP contribution in [0.4, 0.5) is 0 Å². The number of carbonyl (C=O) groups excluding carboxylic acids is 1. The van der Waals surface area contributed by atoms with E-state index in [4.69, 9.17) is 4.42 Å². The Kier molecular flexibility index (Phi) is 4.07. The minimum atomic E-state index is -1.14. The Hall–Kier alpha value is -2.63. The van der Waals surface area contributed by atoms with Gasteiger partial charge in [-0.3, -0.25) is 4.79 Å². The van der Waals surface area contributed by atoms with E-state index in [9.17, 15) is 14.7 Å². The van der Waals surface area contributed by atoms with Crippen LogP contribution in [-0.4, -0.2) is 22.0 Å². The molecule has 6 nitrogen and oxygen atoms in total. The Morgan fingerprint density at radius 2 is 1.95 bits per heavy atom. The zero-order valence-electron chi connectivity index (χ0n) is 12.0. The van der Waals surface area contributed by atoms with E-state index in [-0.39, 0.29) is 5.76 Å². The van der Waals surface area contributed by atoms with Crippen LogP contribution in [0.3, 0.4) is 0 Å². The molecule has 6 heteroatoms. The Morgan fingerprint density at radius 1 is 1.24 bits per heavy atom. The zero-order valence-corrected chi connectivity index (χ0v) is 12.0. The fourth-order valence-corrected chi connectivity index (χ4v) is 1.95. The third kappa shape index (κ3) is 3.10. The number of carboxylic acid groups (broad SMARTS) is 1. The molecule has 1 unspecified atom stereocenters. The van der Waals surface area contributed by atoms with Crippen molar-refractivity contribution >= 4 is 11.9 Å². The van der Waals surface area contributed by atoms with Gasteiger partial charge in [0, 0.05) is 0 Å². The van der Waals surface area contributed by atoms with Crippen molar-refractivity contribution in [2.45, 2.75) is 26.8 Å². The predicted molar refractivity (Wildman–Crippen MR) is 75.0 cm³/mol. The number of aliphatic carboxylic acids is 1. The van der Waals surface area contributed by atoms with Crippen molar-refractivity contribution in [1.29, 1.82) is 0 Å². The Morgan fingerprint density at radius 3 is 2.48 bits per heavy atom. The summed E-state index contributed by atoms with van der Waals surface area (Å²) in [5.41, 5.74) is 2.94. The molecule has 0 saturated heterocycles. The minimum absolute atomic E-state index is 0.0186. The van der Waals surface area contributed by atoms with Crippen LogP contribution in [0.2, 0.25) is 0 Å². The molecular weight excluding hydrogens is 272 g/mol. The summed E-state index contributed by atoms with van der Waals surface area (Å²) < 4.78 is 4.97. The Bertz CT molecular complexity index is 691. The molecular formula is C15H16N2O4. The van der Waals surface area contributed by atoms with Crippen molar-refractivity contribution in [2.24, 2.45) is 0 Å². The smallest absolute Gasteiger partial charge is 0.330 e. The lowest BCUT2D eigenvalue weighted by molar-refractivity contribution is -0.139. The second kappa shape index (κ2) is 5.78. The molecule has 0 spiro atoms. The summed E-state index contributed by atoms with van der Waals surface area (Å²) >= 11 is 0. The molecule has 2 N–H and O–H groups in total. The molecule has 0 saturated carbocycles. The van der Waals surface area contributed by atoms with E-state index in [1.165, 1.54) is 0 Å². The van der Waals surface area contributed by atoms with Crippen LogP contribution in [-0.2, 0) is 4.79 Å². The Balaban J connectivity index is 2.28. The Labute approximate surface area is 121 Å². The van der Waals surface area contributed by atoms with E-state index in [0.29, 0.717) is 11.3 Å². The van der Waals surface area contributed by atoms with Gasteiger partial charge in [0.1, 0.15) is 0 Å². The van der Waals surface area contributed by atoms with Gasteiger partial charge >= 0.3 is 5.97 Å². The first-order valence-electron chi connectivity index (χ1n) is 6.41. The van der Waals surface area contributed by atoms with Crippen molar-refractivity contribution in [3.8, 4) is 0 Å². The maximum atomic E-state index is 12.1. The number of hydrogen-bond donors (Lipinski definition) is 2. The monoisotopic (exact) mass is 288 g/mol. The lowest BCUT2D eigenvalue weighted by atomic mass is 10.0. The fraction of sp³-hybridized carbons (Fsp3) is 0.267. The predicted octanol–water partition coefficient (Wildman–Crippen LogP) is 2.16. The topological polar surface area (TPSA) is 92.4 Å². The number of oxazole rings is 1. The summed E-state index contributed by atoms with van der Waals surface area (Å²) in [4.78, 5) is 27.3. The van der Waals surface area contributed by atoms with Crippen LogP contribution in [0.1, 0.15) is 39.0 Å². The van der Waals surface area contributed by atoms with E-state index in [2.05, 4.69) is 10.3 Å². The van der Waals surface area contributed by atoms with Crippen molar-refractivity contribution in [1.82, 2.24) is 10.3 Å². The van der Waals surface area contributed by atoms with Crippen molar-refractivity contribution in [3.63, 3.8) is 0 Å². The number of aryl methyl sites for hydroxylation is 3. The summed E-state index contributed by atoms with van der Waals surface area (Å²) in [6.07, 6.45) is 1.15. The highest BCUT2D eigenvalue weighted by atomic mass is 16.4. The van der Waals surface area contributed by atoms with Gasteiger partial charge in [0.15, 0.2) is 12.4 Å². The quantitative estimate of drug-likeness (QED) is 0.899. The van der Waals surface area contributed by atoms with E-state index >= 15 is 0 Å². The zero-order chi connectivity index (χ0) is 15.6. The molecule has 1 aromatic heterocycles. The first-order valence-corrected chi connectivity index (χ1v) is 6.41. The van der Waals surface area contributed by atoms with Gasteiger partial charge in [-0.25, -0.2) is 9.78 Å². The molecule has 2 rings (SSSR count). The van der Waals surface area contributed by atoms with Crippen LogP contribution in [0.25, 0.3) is 0 Å². The van der Waals surface area contributed by atoms with Gasteiger partial charge in [-0.1, -0.05) is 18.2 Å². The van der Waals surface area contributed by atoms with Gasteiger partial charge in [-0.2, -0.15) is 0 Å². The number of carboxylic acids is 1. The number of rotatable bonds is 4. The van der Waals surface area contributed by atoms with Crippen molar-refractivity contribution in [3.05, 3.63) is 52.7 Å².